The first-order chi connectivity index (χ1) is 10.7. The van der Waals surface area contributed by atoms with Crippen LogP contribution in [-0.4, -0.2) is 36.0 Å². The van der Waals surface area contributed by atoms with Gasteiger partial charge in [-0.2, -0.15) is 0 Å². The van der Waals surface area contributed by atoms with E-state index in [4.69, 9.17) is 9.47 Å². The minimum absolute atomic E-state index is 0.0600. The van der Waals surface area contributed by atoms with Crippen LogP contribution in [0.5, 0.6) is 0 Å². The third kappa shape index (κ3) is 4.06. The van der Waals surface area contributed by atoms with E-state index >= 15 is 0 Å². The average molecular weight is 365 g/mol. The summed E-state index contributed by atoms with van der Waals surface area (Å²) in [5, 5.41) is 1.13. The van der Waals surface area contributed by atoms with Crippen molar-refractivity contribution in [3.63, 3.8) is 0 Å². The van der Waals surface area contributed by atoms with E-state index in [2.05, 4.69) is 57.8 Å². The summed E-state index contributed by atoms with van der Waals surface area (Å²) < 4.78 is 14.4. The Morgan fingerprint density at radius 3 is 2.50 bits per heavy atom. The van der Waals surface area contributed by atoms with Crippen LogP contribution in [0.25, 0.3) is 11.0 Å². The first-order valence-corrected chi connectivity index (χ1v) is 7.96. The molecule has 0 amide bonds. The largest absolute Gasteiger partial charge is 0.375 e. The molecule has 2 aromatic heterocycles. The number of rotatable bonds is 9. The maximum Gasteiger partial charge on any atom is 0.140 e. The van der Waals surface area contributed by atoms with Crippen molar-refractivity contribution in [3.05, 3.63) is 53.8 Å². The van der Waals surface area contributed by atoms with Crippen LogP contribution in [0.1, 0.15) is 11.6 Å². The SMILES string of the molecule is C=CCOCC(COCC=C)n1cc(C)c2cc(Br)cnc21. The van der Waals surface area contributed by atoms with E-state index in [1.54, 1.807) is 12.2 Å². The first-order valence-electron chi connectivity index (χ1n) is 7.17. The van der Waals surface area contributed by atoms with Gasteiger partial charge in [-0.05, 0) is 34.5 Å². The van der Waals surface area contributed by atoms with E-state index in [0.717, 1.165) is 15.5 Å². The molecule has 0 aromatic carbocycles. The third-order valence-electron chi connectivity index (χ3n) is 3.32. The second kappa shape index (κ2) is 8.27. The fraction of sp³-hybridized carbons (Fsp3) is 0.353. The number of aromatic nitrogens is 2. The Balaban J connectivity index is 2.28. The van der Waals surface area contributed by atoms with E-state index in [0.29, 0.717) is 26.4 Å². The van der Waals surface area contributed by atoms with Gasteiger partial charge in [0.2, 0.25) is 0 Å². The Labute approximate surface area is 139 Å². The van der Waals surface area contributed by atoms with E-state index in [1.807, 2.05) is 6.20 Å². The molecule has 0 radical (unpaired) electrons. The lowest BCUT2D eigenvalue weighted by molar-refractivity contribution is 0.0648. The molecule has 5 heteroatoms. The van der Waals surface area contributed by atoms with Gasteiger partial charge in [-0.15, -0.1) is 13.2 Å². The van der Waals surface area contributed by atoms with Gasteiger partial charge in [0, 0.05) is 22.3 Å². The van der Waals surface area contributed by atoms with Crippen LogP contribution in [-0.2, 0) is 9.47 Å². The van der Waals surface area contributed by atoms with Crippen LogP contribution in [0.3, 0.4) is 0 Å². The highest BCUT2D eigenvalue weighted by Crippen LogP contribution is 2.25. The highest BCUT2D eigenvalue weighted by Gasteiger charge is 2.17. The zero-order chi connectivity index (χ0) is 15.9. The highest BCUT2D eigenvalue weighted by molar-refractivity contribution is 9.10. The van der Waals surface area contributed by atoms with E-state index in [9.17, 15) is 0 Å². The molecule has 0 aliphatic rings. The predicted octanol–water partition coefficient (Wildman–Crippen LogP) is 4.05. The summed E-state index contributed by atoms with van der Waals surface area (Å²) in [5.74, 6) is 0. The van der Waals surface area contributed by atoms with Crippen molar-refractivity contribution in [1.82, 2.24) is 9.55 Å². The molecular weight excluding hydrogens is 344 g/mol. The maximum absolute atomic E-state index is 5.63. The van der Waals surface area contributed by atoms with Crippen molar-refractivity contribution in [2.24, 2.45) is 0 Å². The lowest BCUT2D eigenvalue weighted by atomic mass is 10.2. The number of hydrogen-bond donors (Lipinski definition) is 0. The Kier molecular flexibility index (Phi) is 6.36. The number of hydrogen-bond acceptors (Lipinski definition) is 3. The number of halogens is 1. The standard InChI is InChI=1S/C17H21BrN2O2/c1-4-6-21-11-15(12-22-7-5-2)20-10-13(3)16-8-14(18)9-19-17(16)20/h4-5,8-10,15H,1-2,6-7,11-12H2,3H3. The van der Waals surface area contributed by atoms with Gasteiger partial charge in [-0.1, -0.05) is 12.2 Å². The molecule has 0 aliphatic carbocycles. The number of ether oxygens (including phenoxy) is 2. The van der Waals surface area contributed by atoms with Crippen molar-refractivity contribution in [3.8, 4) is 0 Å². The van der Waals surface area contributed by atoms with E-state index in [1.165, 1.54) is 5.56 Å². The zero-order valence-electron chi connectivity index (χ0n) is 12.8. The molecule has 0 bridgehead atoms. The normalized spacial score (nSPS) is 11.2. The van der Waals surface area contributed by atoms with Crippen molar-refractivity contribution in [1.29, 1.82) is 0 Å². The Morgan fingerprint density at radius 1 is 1.27 bits per heavy atom. The monoisotopic (exact) mass is 364 g/mol. The van der Waals surface area contributed by atoms with Gasteiger partial charge < -0.3 is 14.0 Å². The molecule has 0 aliphatic heterocycles. The fourth-order valence-corrected chi connectivity index (χ4v) is 2.66. The minimum atomic E-state index is 0.0600. The van der Waals surface area contributed by atoms with Crippen LogP contribution in [0.4, 0.5) is 0 Å². The van der Waals surface area contributed by atoms with Gasteiger partial charge in [0.1, 0.15) is 5.65 Å². The van der Waals surface area contributed by atoms with Crippen LogP contribution in [0.15, 0.2) is 48.2 Å². The topological polar surface area (TPSA) is 36.3 Å². The van der Waals surface area contributed by atoms with Gasteiger partial charge in [-0.25, -0.2) is 4.98 Å². The van der Waals surface area contributed by atoms with E-state index in [-0.39, 0.29) is 6.04 Å². The Hall–Kier alpha value is -1.43. The molecule has 0 saturated heterocycles. The van der Waals surface area contributed by atoms with Crippen LogP contribution >= 0.6 is 15.9 Å². The summed E-state index contributed by atoms with van der Waals surface area (Å²) in [5.41, 5.74) is 2.12. The van der Waals surface area contributed by atoms with Crippen molar-refractivity contribution >= 4 is 27.0 Å². The molecule has 4 nitrogen and oxygen atoms in total. The number of nitrogens with zero attached hydrogens (tertiary/aromatic N) is 2. The van der Waals surface area contributed by atoms with Crippen LogP contribution < -0.4 is 0 Å². The van der Waals surface area contributed by atoms with Gasteiger partial charge in [0.15, 0.2) is 0 Å². The smallest absolute Gasteiger partial charge is 0.140 e. The van der Waals surface area contributed by atoms with Crippen LogP contribution in [0.2, 0.25) is 0 Å². The summed E-state index contributed by atoms with van der Waals surface area (Å²) in [6.45, 7) is 11.6. The van der Waals surface area contributed by atoms with Crippen molar-refractivity contribution < 1.29 is 9.47 Å². The highest BCUT2D eigenvalue weighted by atomic mass is 79.9. The summed E-state index contributed by atoms with van der Waals surface area (Å²) >= 11 is 3.47. The summed E-state index contributed by atoms with van der Waals surface area (Å²) in [6.07, 6.45) is 7.40. The summed E-state index contributed by atoms with van der Waals surface area (Å²) in [7, 11) is 0. The van der Waals surface area contributed by atoms with Crippen LogP contribution in [0, 0.1) is 6.92 Å². The molecule has 0 N–H and O–H groups in total. The van der Waals surface area contributed by atoms with E-state index < -0.39 is 0 Å². The molecule has 2 aromatic rings. The summed E-state index contributed by atoms with van der Waals surface area (Å²) in [4.78, 5) is 4.54. The van der Waals surface area contributed by atoms with Gasteiger partial charge in [-0.3, -0.25) is 0 Å². The molecule has 0 fully saturated rings. The average Bonchev–Trinajstić information content (AvgIpc) is 2.83. The Morgan fingerprint density at radius 2 is 1.91 bits per heavy atom. The van der Waals surface area contributed by atoms with Gasteiger partial charge >= 0.3 is 0 Å². The lowest BCUT2D eigenvalue weighted by Gasteiger charge is -2.19. The third-order valence-corrected chi connectivity index (χ3v) is 3.75. The summed E-state index contributed by atoms with van der Waals surface area (Å²) in [6, 6.07) is 2.14. The molecule has 0 unspecified atom stereocenters. The molecule has 0 saturated carbocycles. The number of aryl methyl sites for hydroxylation is 1. The first kappa shape index (κ1) is 16.9. The van der Waals surface area contributed by atoms with Gasteiger partial charge in [0.05, 0.1) is 32.5 Å². The molecule has 2 rings (SSSR count). The molecule has 22 heavy (non-hydrogen) atoms. The second-order valence-corrected chi connectivity index (χ2v) is 5.97. The second-order valence-electron chi connectivity index (χ2n) is 5.05. The minimum Gasteiger partial charge on any atom is -0.375 e. The Bertz CT molecular complexity index is 637. The van der Waals surface area contributed by atoms with Gasteiger partial charge in [0.25, 0.3) is 0 Å². The molecule has 2 heterocycles. The van der Waals surface area contributed by atoms with Crippen molar-refractivity contribution in [2.75, 3.05) is 26.4 Å². The number of fused-ring (bicyclic) bond motifs is 1. The predicted molar refractivity (Wildman–Crippen MR) is 93.2 cm³/mol. The van der Waals surface area contributed by atoms with Crippen molar-refractivity contribution in [2.45, 2.75) is 13.0 Å². The molecule has 0 atom stereocenters. The molecular formula is C17H21BrN2O2. The fourth-order valence-electron chi connectivity index (χ4n) is 2.33. The maximum atomic E-state index is 5.63. The molecule has 118 valence electrons. The lowest BCUT2D eigenvalue weighted by Crippen LogP contribution is -2.21. The molecule has 0 spiro atoms. The number of pyridine rings is 1. The zero-order valence-corrected chi connectivity index (χ0v) is 14.4. The quantitative estimate of drug-likeness (QED) is 0.497.